The van der Waals surface area contributed by atoms with Crippen LogP contribution in [-0.2, 0) is 0 Å². The van der Waals surface area contributed by atoms with E-state index in [2.05, 4.69) is 0 Å². The van der Waals surface area contributed by atoms with E-state index in [1.807, 2.05) is 0 Å². The Balaban J connectivity index is 2.86. The first-order chi connectivity index (χ1) is 9.34. The summed E-state index contributed by atoms with van der Waals surface area (Å²) >= 11 is 0. The fourth-order valence-corrected chi connectivity index (χ4v) is 2.10. The molecule has 0 radical (unpaired) electrons. The fourth-order valence-electron chi connectivity index (χ4n) is 2.10. The highest BCUT2D eigenvalue weighted by Crippen LogP contribution is 2.17. The van der Waals surface area contributed by atoms with Crippen molar-refractivity contribution in [2.45, 2.75) is 13.8 Å². The maximum Gasteiger partial charge on any atom is 0.268 e. The van der Waals surface area contributed by atoms with Crippen LogP contribution < -0.4 is 11.3 Å². The van der Waals surface area contributed by atoms with E-state index in [-0.39, 0.29) is 16.9 Å². The molecule has 1 aromatic carbocycles. The smallest absolute Gasteiger partial charge is 0.268 e. The van der Waals surface area contributed by atoms with Gasteiger partial charge in [-0.1, -0.05) is 0 Å². The zero-order valence-electron chi connectivity index (χ0n) is 10.9. The van der Waals surface area contributed by atoms with Crippen molar-refractivity contribution in [2.75, 3.05) is 0 Å². The van der Waals surface area contributed by atoms with Crippen molar-refractivity contribution in [3.05, 3.63) is 63.1 Å². The minimum absolute atomic E-state index is 0.0316. The standard InChI is InChI=1S/C14H12F2N2O2/c1-7-11(13(17)19)14(20)18(8(2)12(7)16)10-5-3-9(15)4-6-10/h3-6H,1-2H3,(H2,17,19). The SMILES string of the molecule is Cc1c(F)c(C)n(-c2ccc(F)cc2)c(=O)c1C(N)=O. The molecule has 2 aromatic rings. The Bertz CT molecular complexity index is 749. The molecule has 0 atom stereocenters. The lowest BCUT2D eigenvalue weighted by Crippen LogP contribution is -2.32. The van der Waals surface area contributed by atoms with Crippen LogP contribution in [0.1, 0.15) is 21.6 Å². The van der Waals surface area contributed by atoms with Gasteiger partial charge in [-0.05, 0) is 38.1 Å². The maximum absolute atomic E-state index is 14.1. The number of hydrogen-bond acceptors (Lipinski definition) is 2. The van der Waals surface area contributed by atoms with E-state index in [4.69, 9.17) is 5.73 Å². The Morgan fingerprint density at radius 1 is 1.15 bits per heavy atom. The molecule has 0 saturated carbocycles. The van der Waals surface area contributed by atoms with Crippen LogP contribution in [0.25, 0.3) is 5.69 Å². The molecular weight excluding hydrogens is 266 g/mol. The average molecular weight is 278 g/mol. The molecule has 0 aliphatic carbocycles. The topological polar surface area (TPSA) is 65.1 Å². The molecule has 0 saturated heterocycles. The Labute approximate surface area is 113 Å². The summed E-state index contributed by atoms with van der Waals surface area (Å²) in [5, 5.41) is 0. The van der Waals surface area contributed by atoms with Gasteiger partial charge in [0.2, 0.25) is 0 Å². The third-order valence-electron chi connectivity index (χ3n) is 3.11. The summed E-state index contributed by atoms with van der Waals surface area (Å²) in [5.41, 5.74) is 4.21. The van der Waals surface area contributed by atoms with Gasteiger partial charge in [0, 0.05) is 11.3 Å². The third-order valence-corrected chi connectivity index (χ3v) is 3.11. The molecule has 0 fully saturated rings. The first kappa shape index (κ1) is 13.9. The van der Waals surface area contributed by atoms with Gasteiger partial charge in [-0.2, -0.15) is 0 Å². The van der Waals surface area contributed by atoms with Gasteiger partial charge in [0.1, 0.15) is 17.2 Å². The Kier molecular flexibility index (Phi) is 3.40. The molecule has 0 spiro atoms. The van der Waals surface area contributed by atoms with Crippen molar-refractivity contribution in [2.24, 2.45) is 5.73 Å². The van der Waals surface area contributed by atoms with Crippen molar-refractivity contribution in [1.82, 2.24) is 4.57 Å². The number of rotatable bonds is 2. The van der Waals surface area contributed by atoms with Crippen molar-refractivity contribution in [3.8, 4) is 5.69 Å². The Hall–Kier alpha value is -2.50. The molecular formula is C14H12F2N2O2. The van der Waals surface area contributed by atoms with Gasteiger partial charge in [0.15, 0.2) is 0 Å². The van der Waals surface area contributed by atoms with E-state index in [0.29, 0.717) is 0 Å². The van der Waals surface area contributed by atoms with Gasteiger partial charge in [0.05, 0.1) is 5.69 Å². The minimum atomic E-state index is -0.998. The molecule has 0 aliphatic heterocycles. The predicted molar refractivity (Wildman–Crippen MR) is 69.9 cm³/mol. The first-order valence-electron chi connectivity index (χ1n) is 5.82. The van der Waals surface area contributed by atoms with Crippen molar-refractivity contribution < 1.29 is 13.6 Å². The monoisotopic (exact) mass is 278 g/mol. The number of carbonyl (C=O) groups excluding carboxylic acids is 1. The second-order valence-corrected chi connectivity index (χ2v) is 4.38. The second kappa shape index (κ2) is 4.88. The summed E-state index contributed by atoms with van der Waals surface area (Å²) < 4.78 is 28.0. The van der Waals surface area contributed by atoms with Gasteiger partial charge in [-0.3, -0.25) is 14.2 Å². The number of halogens is 2. The first-order valence-corrected chi connectivity index (χ1v) is 5.82. The number of amides is 1. The second-order valence-electron chi connectivity index (χ2n) is 4.38. The molecule has 20 heavy (non-hydrogen) atoms. The minimum Gasteiger partial charge on any atom is -0.365 e. The van der Waals surface area contributed by atoms with E-state index in [9.17, 15) is 18.4 Å². The summed E-state index contributed by atoms with van der Waals surface area (Å²) in [6.45, 7) is 2.72. The van der Waals surface area contributed by atoms with Gasteiger partial charge >= 0.3 is 0 Å². The largest absolute Gasteiger partial charge is 0.365 e. The quantitative estimate of drug-likeness (QED) is 0.910. The normalized spacial score (nSPS) is 10.6. The molecule has 2 N–H and O–H groups in total. The van der Waals surface area contributed by atoms with Crippen LogP contribution in [0.3, 0.4) is 0 Å². The van der Waals surface area contributed by atoms with Crippen LogP contribution in [0.5, 0.6) is 0 Å². The van der Waals surface area contributed by atoms with Crippen LogP contribution in [-0.4, -0.2) is 10.5 Å². The molecule has 6 heteroatoms. The highest BCUT2D eigenvalue weighted by molar-refractivity contribution is 5.94. The lowest BCUT2D eigenvalue weighted by atomic mass is 10.1. The number of nitrogens with two attached hydrogens (primary N) is 1. The molecule has 1 aromatic heterocycles. The van der Waals surface area contributed by atoms with Crippen LogP contribution in [0.2, 0.25) is 0 Å². The number of aromatic nitrogens is 1. The highest BCUT2D eigenvalue weighted by atomic mass is 19.1. The van der Waals surface area contributed by atoms with E-state index in [1.165, 1.54) is 26.0 Å². The number of nitrogens with zero attached hydrogens (tertiary/aromatic N) is 1. The molecule has 1 amide bonds. The number of primary amides is 1. The molecule has 0 aliphatic rings. The van der Waals surface area contributed by atoms with Gasteiger partial charge in [-0.25, -0.2) is 8.78 Å². The molecule has 104 valence electrons. The summed E-state index contributed by atoms with van der Waals surface area (Å²) in [4.78, 5) is 23.6. The molecule has 1 heterocycles. The maximum atomic E-state index is 14.1. The average Bonchev–Trinajstić information content (AvgIpc) is 2.38. The molecule has 2 rings (SSSR count). The Morgan fingerprint density at radius 3 is 2.20 bits per heavy atom. The summed E-state index contributed by atoms with van der Waals surface area (Å²) in [6.07, 6.45) is 0. The fraction of sp³-hybridized carbons (Fsp3) is 0.143. The van der Waals surface area contributed by atoms with Gasteiger partial charge in [0.25, 0.3) is 11.5 Å². The number of carbonyl (C=O) groups is 1. The van der Waals surface area contributed by atoms with E-state index < -0.39 is 28.7 Å². The number of hydrogen-bond donors (Lipinski definition) is 1. The van der Waals surface area contributed by atoms with E-state index in [1.54, 1.807) is 0 Å². The molecule has 0 unspecified atom stereocenters. The van der Waals surface area contributed by atoms with E-state index >= 15 is 0 Å². The zero-order valence-corrected chi connectivity index (χ0v) is 10.9. The zero-order chi connectivity index (χ0) is 15.0. The lowest BCUT2D eigenvalue weighted by molar-refractivity contribution is 0.0997. The van der Waals surface area contributed by atoms with Gasteiger partial charge in [-0.15, -0.1) is 0 Å². The van der Waals surface area contributed by atoms with Crippen molar-refractivity contribution in [1.29, 1.82) is 0 Å². The number of benzene rings is 1. The van der Waals surface area contributed by atoms with Crippen LogP contribution in [0.15, 0.2) is 29.1 Å². The predicted octanol–water partition coefficient (Wildman–Crippen LogP) is 1.83. The highest BCUT2D eigenvalue weighted by Gasteiger charge is 2.21. The summed E-state index contributed by atoms with van der Waals surface area (Å²) in [5.74, 6) is -2.17. The van der Waals surface area contributed by atoms with Crippen LogP contribution in [0.4, 0.5) is 8.78 Å². The molecule has 4 nitrogen and oxygen atoms in total. The van der Waals surface area contributed by atoms with Crippen LogP contribution >= 0.6 is 0 Å². The lowest BCUT2D eigenvalue weighted by Gasteiger charge is -2.14. The molecule has 0 bridgehead atoms. The van der Waals surface area contributed by atoms with Gasteiger partial charge < -0.3 is 5.73 Å². The summed E-state index contributed by atoms with van der Waals surface area (Å²) in [7, 11) is 0. The summed E-state index contributed by atoms with van der Waals surface area (Å²) in [6, 6.07) is 4.93. The Morgan fingerprint density at radius 2 is 1.70 bits per heavy atom. The van der Waals surface area contributed by atoms with Crippen molar-refractivity contribution in [3.63, 3.8) is 0 Å². The number of pyridine rings is 1. The van der Waals surface area contributed by atoms with Crippen molar-refractivity contribution >= 4 is 5.91 Å². The van der Waals surface area contributed by atoms with E-state index in [0.717, 1.165) is 16.7 Å². The van der Waals surface area contributed by atoms with Crippen LogP contribution in [0, 0.1) is 25.5 Å². The third kappa shape index (κ3) is 2.09.